The van der Waals surface area contributed by atoms with Gasteiger partial charge in [-0.25, -0.2) is 0 Å². The van der Waals surface area contributed by atoms with Crippen LogP contribution in [-0.2, 0) is 5.41 Å². The molecule has 0 atom stereocenters. The molecule has 0 aromatic heterocycles. The van der Waals surface area contributed by atoms with E-state index in [4.69, 9.17) is 0 Å². The molecule has 1 radical (unpaired) electrons. The first-order valence-electron chi connectivity index (χ1n) is 4.63. The lowest BCUT2D eigenvalue weighted by Gasteiger charge is -2.24. The Morgan fingerprint density at radius 1 is 1.42 bits per heavy atom. The van der Waals surface area contributed by atoms with E-state index >= 15 is 0 Å². The van der Waals surface area contributed by atoms with Gasteiger partial charge in [0.15, 0.2) is 0 Å². The van der Waals surface area contributed by atoms with Crippen LogP contribution in [0.4, 0.5) is 0 Å². The first-order valence-corrected chi connectivity index (χ1v) is 4.63. The van der Waals surface area contributed by atoms with Crippen molar-refractivity contribution >= 4 is 0 Å². The predicted molar refractivity (Wildman–Crippen MR) is 53.2 cm³/mol. The second-order valence-electron chi connectivity index (χ2n) is 3.93. The lowest BCUT2D eigenvalue weighted by Crippen LogP contribution is -2.16. The highest BCUT2D eigenvalue weighted by molar-refractivity contribution is 5.22. The van der Waals surface area contributed by atoms with Crippen LogP contribution in [0.5, 0.6) is 0 Å². The molecule has 0 N–H and O–H groups in total. The van der Waals surface area contributed by atoms with Gasteiger partial charge in [-0.1, -0.05) is 51.5 Å². The van der Waals surface area contributed by atoms with E-state index in [1.165, 1.54) is 18.4 Å². The van der Waals surface area contributed by atoms with Crippen LogP contribution in [0.1, 0.15) is 39.2 Å². The third-order valence-corrected chi connectivity index (χ3v) is 2.36. The van der Waals surface area contributed by atoms with Gasteiger partial charge >= 0.3 is 0 Å². The Kier molecular flexibility index (Phi) is 2.91. The fourth-order valence-electron chi connectivity index (χ4n) is 1.58. The Bertz CT molecular complexity index is 221. The lowest BCUT2D eigenvalue weighted by molar-refractivity contribution is 0.473. The van der Waals surface area contributed by atoms with E-state index < -0.39 is 0 Å². The van der Waals surface area contributed by atoms with Crippen molar-refractivity contribution in [3.05, 3.63) is 35.9 Å². The molecular weight excluding hydrogens is 144 g/mol. The summed E-state index contributed by atoms with van der Waals surface area (Å²) in [7, 11) is 0. The fraction of sp³-hybridized carbons (Fsp3) is 0.500. The number of hydrogen-bond acceptors (Lipinski definition) is 0. The molecule has 65 valence electrons. The van der Waals surface area contributed by atoms with Gasteiger partial charge in [0, 0.05) is 0 Å². The van der Waals surface area contributed by atoms with Crippen LogP contribution < -0.4 is 0 Å². The molecule has 0 aliphatic heterocycles. The molecule has 1 rings (SSSR count). The summed E-state index contributed by atoms with van der Waals surface area (Å²) in [6, 6.07) is 11.4. The van der Waals surface area contributed by atoms with Crippen molar-refractivity contribution in [1.82, 2.24) is 0 Å². The van der Waals surface area contributed by atoms with E-state index in [0.717, 1.165) is 0 Å². The highest BCUT2D eigenvalue weighted by Gasteiger charge is 2.18. The second-order valence-corrected chi connectivity index (χ2v) is 3.93. The molecule has 0 saturated carbocycles. The standard InChI is InChI=1S/C12H17/c1-4-10-12(2,3)11-8-6-5-7-9-11/h5-6,8-9H,4,10H2,1-3H3. The van der Waals surface area contributed by atoms with Gasteiger partial charge in [0.05, 0.1) is 0 Å². The predicted octanol–water partition coefficient (Wildman–Crippen LogP) is 3.56. The van der Waals surface area contributed by atoms with E-state index in [2.05, 4.69) is 45.0 Å². The molecule has 0 nitrogen and oxygen atoms in total. The molecule has 0 aliphatic carbocycles. The minimum absolute atomic E-state index is 0.312. The molecule has 0 heteroatoms. The van der Waals surface area contributed by atoms with Gasteiger partial charge in [-0.2, -0.15) is 0 Å². The monoisotopic (exact) mass is 161 g/mol. The Labute approximate surface area is 75.6 Å². The normalized spacial score (nSPS) is 11.6. The van der Waals surface area contributed by atoms with E-state index in [1.807, 2.05) is 6.07 Å². The average Bonchev–Trinajstić information content (AvgIpc) is 2.06. The summed E-state index contributed by atoms with van der Waals surface area (Å²) in [5.41, 5.74) is 1.71. The Balaban J connectivity index is 2.82. The smallest absolute Gasteiger partial charge is 0.0103 e. The zero-order valence-corrected chi connectivity index (χ0v) is 8.22. The van der Waals surface area contributed by atoms with Gasteiger partial charge in [-0.15, -0.1) is 0 Å². The van der Waals surface area contributed by atoms with Gasteiger partial charge < -0.3 is 0 Å². The molecule has 1 aromatic carbocycles. The molecule has 12 heavy (non-hydrogen) atoms. The summed E-state index contributed by atoms with van der Waals surface area (Å²) >= 11 is 0. The maximum atomic E-state index is 3.13. The molecule has 0 spiro atoms. The first-order chi connectivity index (χ1) is 5.67. The maximum absolute atomic E-state index is 3.13. The maximum Gasteiger partial charge on any atom is -0.0103 e. The molecule has 0 unspecified atom stereocenters. The summed E-state index contributed by atoms with van der Waals surface area (Å²) < 4.78 is 0. The SMILES string of the molecule is CCCC(C)(C)c1c[c]ccc1. The Hall–Kier alpha value is -0.780. The topological polar surface area (TPSA) is 0 Å². The molecule has 0 fully saturated rings. The van der Waals surface area contributed by atoms with Gasteiger partial charge in [0.2, 0.25) is 0 Å². The van der Waals surface area contributed by atoms with Crippen molar-refractivity contribution in [3.63, 3.8) is 0 Å². The minimum atomic E-state index is 0.312. The highest BCUT2D eigenvalue weighted by Crippen LogP contribution is 2.27. The summed E-state index contributed by atoms with van der Waals surface area (Å²) in [4.78, 5) is 0. The Morgan fingerprint density at radius 3 is 2.67 bits per heavy atom. The second kappa shape index (κ2) is 3.75. The van der Waals surface area contributed by atoms with Crippen molar-refractivity contribution in [2.24, 2.45) is 0 Å². The van der Waals surface area contributed by atoms with Crippen molar-refractivity contribution in [1.29, 1.82) is 0 Å². The van der Waals surface area contributed by atoms with E-state index in [1.54, 1.807) is 0 Å². The number of benzene rings is 1. The average molecular weight is 161 g/mol. The highest BCUT2D eigenvalue weighted by atomic mass is 14.2. The van der Waals surface area contributed by atoms with E-state index in [-0.39, 0.29) is 0 Å². The number of rotatable bonds is 3. The molecular formula is C12H17. The van der Waals surface area contributed by atoms with Crippen molar-refractivity contribution in [2.45, 2.75) is 39.0 Å². The van der Waals surface area contributed by atoms with Gasteiger partial charge in [-0.05, 0) is 23.5 Å². The van der Waals surface area contributed by atoms with Crippen molar-refractivity contribution < 1.29 is 0 Å². The first kappa shape index (κ1) is 9.31. The van der Waals surface area contributed by atoms with Crippen LogP contribution in [-0.4, -0.2) is 0 Å². The molecule has 0 bridgehead atoms. The van der Waals surface area contributed by atoms with Crippen LogP contribution in [0.2, 0.25) is 0 Å². The van der Waals surface area contributed by atoms with E-state index in [0.29, 0.717) is 5.41 Å². The lowest BCUT2D eigenvalue weighted by atomic mass is 9.81. The third-order valence-electron chi connectivity index (χ3n) is 2.36. The molecule has 0 saturated heterocycles. The van der Waals surface area contributed by atoms with Crippen LogP contribution >= 0.6 is 0 Å². The number of hydrogen-bond donors (Lipinski definition) is 0. The zero-order chi connectivity index (χ0) is 9.03. The van der Waals surface area contributed by atoms with Gasteiger partial charge in [-0.3, -0.25) is 0 Å². The molecule has 0 amide bonds. The summed E-state index contributed by atoms with van der Waals surface area (Å²) in [6.45, 7) is 6.81. The van der Waals surface area contributed by atoms with Crippen molar-refractivity contribution in [2.75, 3.05) is 0 Å². The zero-order valence-electron chi connectivity index (χ0n) is 8.22. The Morgan fingerprint density at radius 2 is 2.17 bits per heavy atom. The molecule has 0 heterocycles. The van der Waals surface area contributed by atoms with Crippen LogP contribution in [0.3, 0.4) is 0 Å². The van der Waals surface area contributed by atoms with Crippen molar-refractivity contribution in [3.8, 4) is 0 Å². The molecule has 1 aromatic rings. The third kappa shape index (κ3) is 2.10. The quantitative estimate of drug-likeness (QED) is 0.635. The van der Waals surface area contributed by atoms with Crippen LogP contribution in [0, 0.1) is 6.07 Å². The fourth-order valence-corrected chi connectivity index (χ4v) is 1.58. The van der Waals surface area contributed by atoms with Gasteiger partial charge in [0.1, 0.15) is 0 Å². The minimum Gasteiger partial charge on any atom is -0.0654 e. The summed E-state index contributed by atoms with van der Waals surface area (Å²) in [6.07, 6.45) is 2.48. The van der Waals surface area contributed by atoms with E-state index in [9.17, 15) is 0 Å². The van der Waals surface area contributed by atoms with Crippen LogP contribution in [0.25, 0.3) is 0 Å². The molecule has 0 aliphatic rings. The van der Waals surface area contributed by atoms with Crippen LogP contribution in [0.15, 0.2) is 24.3 Å². The van der Waals surface area contributed by atoms with Gasteiger partial charge in [0.25, 0.3) is 0 Å². The summed E-state index contributed by atoms with van der Waals surface area (Å²) in [5, 5.41) is 0. The summed E-state index contributed by atoms with van der Waals surface area (Å²) in [5.74, 6) is 0. The largest absolute Gasteiger partial charge is 0.0654 e.